The number of hydrogen-bond acceptors (Lipinski definition) is 5. The minimum Gasteiger partial charge on any atom is -0.370 e. The predicted octanol–water partition coefficient (Wildman–Crippen LogP) is 4.50. The number of halogens is 1. The van der Waals surface area contributed by atoms with Crippen LogP contribution in [0.15, 0.2) is 65.0 Å². The van der Waals surface area contributed by atoms with Crippen LogP contribution in [-0.2, 0) is 11.3 Å². The molecule has 0 radical (unpaired) electrons. The predicted molar refractivity (Wildman–Crippen MR) is 126 cm³/mol. The number of hydrogen-bond donors (Lipinski definition) is 1. The molecule has 2 aromatic heterocycles. The summed E-state index contributed by atoms with van der Waals surface area (Å²) in [5.74, 6) is -0.631. The van der Waals surface area contributed by atoms with E-state index in [1.807, 2.05) is 29.6 Å². The second-order valence-corrected chi connectivity index (χ2v) is 8.63. The lowest BCUT2D eigenvalue weighted by molar-refractivity contribution is -0.116. The van der Waals surface area contributed by atoms with Gasteiger partial charge in [0.1, 0.15) is 17.2 Å². The van der Waals surface area contributed by atoms with Crippen LogP contribution in [0.4, 0.5) is 15.8 Å². The summed E-state index contributed by atoms with van der Waals surface area (Å²) in [6, 6.07) is 13.7. The fourth-order valence-corrected chi connectivity index (χ4v) is 4.99. The highest BCUT2D eigenvalue weighted by Gasteiger charge is 2.18. The van der Waals surface area contributed by atoms with Crippen LogP contribution in [0.1, 0.15) is 12.8 Å². The van der Waals surface area contributed by atoms with E-state index in [2.05, 4.69) is 15.2 Å². The van der Waals surface area contributed by atoms with Gasteiger partial charge >= 0.3 is 0 Å². The summed E-state index contributed by atoms with van der Waals surface area (Å²) in [5, 5.41) is 5.23. The Morgan fingerprint density at radius 2 is 1.84 bits per heavy atom. The average Bonchev–Trinajstić information content (AvgIpc) is 3.47. The third-order valence-electron chi connectivity index (χ3n) is 5.65. The number of anilines is 2. The third kappa shape index (κ3) is 3.89. The maximum absolute atomic E-state index is 13.3. The molecule has 1 aliphatic heterocycles. The Balaban J connectivity index is 1.42. The molecule has 6 nitrogen and oxygen atoms in total. The minimum absolute atomic E-state index is 0.144. The van der Waals surface area contributed by atoms with Gasteiger partial charge in [-0.25, -0.2) is 9.37 Å². The van der Waals surface area contributed by atoms with Crippen LogP contribution in [0.3, 0.4) is 0 Å². The van der Waals surface area contributed by atoms with E-state index in [0.717, 1.165) is 42.9 Å². The number of amides is 1. The topological polar surface area (TPSA) is 67.2 Å². The molecule has 162 valence electrons. The summed E-state index contributed by atoms with van der Waals surface area (Å²) >= 11 is 1.35. The van der Waals surface area contributed by atoms with Gasteiger partial charge in [-0.15, -0.1) is 11.3 Å². The maximum atomic E-state index is 13.3. The molecule has 0 spiro atoms. The van der Waals surface area contributed by atoms with Gasteiger partial charge in [0.05, 0.1) is 23.1 Å². The van der Waals surface area contributed by atoms with Gasteiger partial charge in [-0.2, -0.15) is 0 Å². The number of thiophene rings is 1. The third-order valence-corrected chi connectivity index (χ3v) is 6.54. The van der Waals surface area contributed by atoms with Crippen molar-refractivity contribution in [2.75, 3.05) is 23.3 Å². The second-order valence-electron chi connectivity index (χ2n) is 7.77. The summed E-state index contributed by atoms with van der Waals surface area (Å²) in [5.41, 5.74) is 2.87. The number of carbonyl (C=O) groups is 1. The molecule has 1 fully saturated rings. The van der Waals surface area contributed by atoms with Gasteiger partial charge in [0.2, 0.25) is 5.91 Å². The molecule has 8 heteroatoms. The van der Waals surface area contributed by atoms with Gasteiger partial charge in [-0.1, -0.05) is 24.3 Å². The van der Waals surface area contributed by atoms with E-state index < -0.39 is 0 Å². The largest absolute Gasteiger partial charge is 0.370 e. The number of fused-ring (bicyclic) bond motifs is 1. The van der Waals surface area contributed by atoms with Crippen molar-refractivity contribution >= 4 is 38.8 Å². The Hall–Kier alpha value is -3.52. The van der Waals surface area contributed by atoms with Crippen LogP contribution < -0.4 is 15.8 Å². The zero-order valence-electron chi connectivity index (χ0n) is 17.3. The summed E-state index contributed by atoms with van der Waals surface area (Å²) < 4.78 is 14.6. The fourth-order valence-electron chi connectivity index (χ4n) is 4.08. The average molecular weight is 449 g/mol. The standard InChI is InChI=1S/C24H21FN4O2S/c25-17-9-7-16(8-10-17)18-14-32-23-22(18)24(31)29(15-26-23)13-21(30)27-19-5-1-2-6-20(19)28-11-3-4-12-28/h1-2,5-10,14-15H,3-4,11-13H2,(H,27,30). The number of aromatic nitrogens is 2. The molecule has 1 N–H and O–H groups in total. The van der Waals surface area contributed by atoms with Gasteiger partial charge < -0.3 is 10.2 Å². The molecule has 3 heterocycles. The van der Waals surface area contributed by atoms with E-state index in [9.17, 15) is 14.0 Å². The zero-order chi connectivity index (χ0) is 22.1. The van der Waals surface area contributed by atoms with E-state index in [1.165, 1.54) is 34.4 Å². The molecule has 1 amide bonds. The first kappa shape index (κ1) is 20.4. The number of nitrogens with zero attached hydrogens (tertiary/aromatic N) is 3. The van der Waals surface area contributed by atoms with Crippen molar-refractivity contribution in [3.8, 4) is 11.1 Å². The minimum atomic E-state index is -0.338. The van der Waals surface area contributed by atoms with Gasteiger partial charge in [0.15, 0.2) is 0 Å². The highest BCUT2D eigenvalue weighted by Crippen LogP contribution is 2.31. The quantitative estimate of drug-likeness (QED) is 0.488. The number of nitrogens with one attached hydrogen (secondary N) is 1. The first-order valence-electron chi connectivity index (χ1n) is 10.5. The molecule has 5 rings (SSSR count). The molecule has 0 atom stereocenters. The van der Waals surface area contributed by atoms with Gasteiger partial charge in [-0.3, -0.25) is 14.2 Å². The number of carbonyl (C=O) groups excluding carboxylic acids is 1. The number of benzene rings is 2. The van der Waals surface area contributed by atoms with Gasteiger partial charge in [0, 0.05) is 24.0 Å². The molecule has 0 unspecified atom stereocenters. The monoisotopic (exact) mass is 448 g/mol. The number of rotatable bonds is 5. The van der Waals surface area contributed by atoms with Crippen LogP contribution in [0.25, 0.3) is 21.3 Å². The first-order chi connectivity index (χ1) is 15.6. The summed E-state index contributed by atoms with van der Waals surface area (Å²) in [7, 11) is 0. The normalized spacial score (nSPS) is 13.6. The summed E-state index contributed by atoms with van der Waals surface area (Å²) in [6.07, 6.45) is 3.68. The highest BCUT2D eigenvalue weighted by atomic mass is 32.1. The fraction of sp³-hybridized carbons (Fsp3) is 0.208. The zero-order valence-corrected chi connectivity index (χ0v) is 18.1. The van der Waals surface area contributed by atoms with E-state index in [4.69, 9.17) is 0 Å². The first-order valence-corrected chi connectivity index (χ1v) is 11.3. The van der Waals surface area contributed by atoms with Crippen molar-refractivity contribution in [3.63, 3.8) is 0 Å². The van der Waals surface area contributed by atoms with Crippen LogP contribution in [0, 0.1) is 5.82 Å². The van der Waals surface area contributed by atoms with Crippen molar-refractivity contribution in [3.05, 3.63) is 76.4 Å². The molecule has 0 aliphatic carbocycles. The lowest BCUT2D eigenvalue weighted by Gasteiger charge is -2.21. The lowest BCUT2D eigenvalue weighted by atomic mass is 10.1. The van der Waals surface area contributed by atoms with Gasteiger partial charge in [0.25, 0.3) is 5.56 Å². The Morgan fingerprint density at radius 1 is 1.09 bits per heavy atom. The lowest BCUT2D eigenvalue weighted by Crippen LogP contribution is -2.28. The van der Waals surface area contributed by atoms with Crippen molar-refractivity contribution in [2.24, 2.45) is 0 Å². The van der Waals surface area contributed by atoms with Crippen LogP contribution >= 0.6 is 11.3 Å². The van der Waals surface area contributed by atoms with Crippen LogP contribution in [0.5, 0.6) is 0 Å². The molecule has 1 aliphatic rings. The highest BCUT2D eigenvalue weighted by molar-refractivity contribution is 7.17. The van der Waals surface area contributed by atoms with Crippen molar-refractivity contribution in [1.29, 1.82) is 0 Å². The SMILES string of the molecule is O=C(Cn1cnc2scc(-c3ccc(F)cc3)c2c1=O)Nc1ccccc1N1CCCC1. The molecule has 1 saturated heterocycles. The van der Waals surface area contributed by atoms with E-state index >= 15 is 0 Å². The smallest absolute Gasteiger partial charge is 0.263 e. The Morgan fingerprint density at radius 3 is 2.62 bits per heavy atom. The molecule has 0 bridgehead atoms. The van der Waals surface area contributed by atoms with E-state index in [1.54, 1.807) is 12.1 Å². The van der Waals surface area contributed by atoms with Crippen molar-refractivity contribution in [1.82, 2.24) is 9.55 Å². The molecule has 0 saturated carbocycles. The van der Waals surface area contributed by atoms with Crippen LogP contribution in [-0.4, -0.2) is 28.5 Å². The maximum Gasteiger partial charge on any atom is 0.263 e. The van der Waals surface area contributed by atoms with Crippen molar-refractivity contribution < 1.29 is 9.18 Å². The Bertz CT molecular complexity index is 1340. The van der Waals surface area contributed by atoms with Gasteiger partial charge in [-0.05, 0) is 42.7 Å². The number of para-hydroxylation sites is 2. The summed E-state index contributed by atoms with van der Waals surface area (Å²) in [4.78, 5) is 33.2. The molecular formula is C24H21FN4O2S. The molecule has 2 aromatic carbocycles. The Labute approximate surface area is 187 Å². The molecule has 32 heavy (non-hydrogen) atoms. The molecule has 4 aromatic rings. The van der Waals surface area contributed by atoms with E-state index in [0.29, 0.717) is 15.8 Å². The molecular weight excluding hydrogens is 427 g/mol. The Kier molecular flexibility index (Phi) is 5.45. The van der Waals surface area contributed by atoms with Crippen molar-refractivity contribution in [2.45, 2.75) is 19.4 Å². The summed E-state index contributed by atoms with van der Waals surface area (Å²) in [6.45, 7) is 1.79. The van der Waals surface area contributed by atoms with Crippen LogP contribution in [0.2, 0.25) is 0 Å². The second kappa shape index (κ2) is 8.55. The van der Waals surface area contributed by atoms with E-state index in [-0.39, 0.29) is 23.8 Å².